The molecule has 0 atom stereocenters. The van der Waals surface area contributed by atoms with Gasteiger partial charge in [0, 0.05) is 18.4 Å². The molecule has 4 nitrogen and oxygen atoms in total. The fourth-order valence-electron chi connectivity index (χ4n) is 4.88. The molecule has 100 valence electrons. The van der Waals surface area contributed by atoms with Crippen molar-refractivity contribution in [2.45, 2.75) is 44.9 Å². The molecular formula is C14H22N2O2. The van der Waals surface area contributed by atoms with Crippen LogP contribution in [0.5, 0.6) is 0 Å². The van der Waals surface area contributed by atoms with Gasteiger partial charge in [0.2, 0.25) is 11.8 Å². The van der Waals surface area contributed by atoms with Gasteiger partial charge in [0.1, 0.15) is 0 Å². The van der Waals surface area contributed by atoms with Crippen molar-refractivity contribution in [1.82, 2.24) is 5.32 Å². The zero-order valence-corrected chi connectivity index (χ0v) is 10.8. The molecule has 18 heavy (non-hydrogen) atoms. The zero-order chi connectivity index (χ0) is 12.8. The number of primary amides is 1. The van der Waals surface area contributed by atoms with Crippen LogP contribution in [-0.2, 0) is 9.59 Å². The van der Waals surface area contributed by atoms with Crippen LogP contribution in [0.1, 0.15) is 44.9 Å². The molecule has 4 aliphatic carbocycles. The molecule has 3 N–H and O–H groups in total. The van der Waals surface area contributed by atoms with Crippen LogP contribution in [0.3, 0.4) is 0 Å². The van der Waals surface area contributed by atoms with Gasteiger partial charge in [-0.3, -0.25) is 9.59 Å². The van der Waals surface area contributed by atoms with Gasteiger partial charge in [0.15, 0.2) is 0 Å². The first kappa shape index (κ1) is 12.0. The van der Waals surface area contributed by atoms with Crippen LogP contribution >= 0.6 is 0 Å². The molecule has 0 radical (unpaired) electrons. The molecule has 0 heterocycles. The van der Waals surface area contributed by atoms with Crippen LogP contribution in [0, 0.1) is 23.2 Å². The molecule has 0 aromatic carbocycles. The molecule has 0 spiro atoms. The number of hydrogen-bond donors (Lipinski definition) is 2. The predicted molar refractivity (Wildman–Crippen MR) is 67.4 cm³/mol. The summed E-state index contributed by atoms with van der Waals surface area (Å²) >= 11 is 0. The minimum atomic E-state index is -0.346. The molecule has 4 fully saturated rings. The molecule has 0 aromatic heterocycles. The highest BCUT2D eigenvalue weighted by atomic mass is 16.2. The van der Waals surface area contributed by atoms with Crippen LogP contribution in [0.4, 0.5) is 0 Å². The molecule has 4 saturated carbocycles. The first-order chi connectivity index (χ1) is 8.57. The normalized spacial score (nSPS) is 40.8. The van der Waals surface area contributed by atoms with Gasteiger partial charge in [-0.25, -0.2) is 0 Å². The van der Waals surface area contributed by atoms with Crippen molar-refractivity contribution in [2.75, 3.05) is 6.54 Å². The second-order valence-corrected chi connectivity index (χ2v) is 6.67. The van der Waals surface area contributed by atoms with Crippen molar-refractivity contribution < 1.29 is 9.59 Å². The van der Waals surface area contributed by atoms with E-state index in [1.54, 1.807) is 0 Å². The Morgan fingerprint density at radius 2 is 1.56 bits per heavy atom. The van der Waals surface area contributed by atoms with Crippen LogP contribution in [0.2, 0.25) is 0 Å². The smallest absolute Gasteiger partial charge is 0.226 e. The van der Waals surface area contributed by atoms with Crippen molar-refractivity contribution in [1.29, 1.82) is 0 Å². The summed E-state index contributed by atoms with van der Waals surface area (Å²) in [6, 6.07) is 0. The molecule has 2 amide bonds. The standard InChI is InChI=1S/C14H22N2O2/c15-12(17)1-2-16-13(18)14-6-9-3-10(7-14)5-11(4-9)8-14/h9-11H,1-8H2,(H2,15,17)(H,16,18). The molecule has 4 bridgehead atoms. The molecule has 0 aromatic rings. The quantitative estimate of drug-likeness (QED) is 0.786. The number of nitrogens with two attached hydrogens (primary N) is 1. The maximum atomic E-state index is 12.4. The topological polar surface area (TPSA) is 72.2 Å². The number of amides is 2. The van der Waals surface area contributed by atoms with Crippen molar-refractivity contribution >= 4 is 11.8 Å². The first-order valence-corrected chi connectivity index (χ1v) is 7.14. The van der Waals surface area contributed by atoms with E-state index < -0.39 is 0 Å². The lowest BCUT2D eigenvalue weighted by molar-refractivity contribution is -0.146. The maximum absolute atomic E-state index is 12.4. The SMILES string of the molecule is NC(=O)CCNC(=O)C12CC3CC(CC(C3)C1)C2. The third-order valence-electron chi connectivity index (χ3n) is 5.18. The predicted octanol–water partition coefficient (Wildman–Crippen LogP) is 1.19. The van der Waals surface area contributed by atoms with Crippen LogP contribution in [0.15, 0.2) is 0 Å². The summed E-state index contributed by atoms with van der Waals surface area (Å²) in [6.45, 7) is 0.399. The van der Waals surface area contributed by atoms with E-state index in [1.165, 1.54) is 19.3 Å². The number of carbonyl (C=O) groups is 2. The molecular weight excluding hydrogens is 228 g/mol. The maximum Gasteiger partial charge on any atom is 0.226 e. The summed E-state index contributed by atoms with van der Waals surface area (Å²) in [5.74, 6) is 2.16. The van der Waals surface area contributed by atoms with E-state index in [-0.39, 0.29) is 23.7 Å². The lowest BCUT2D eigenvalue weighted by atomic mass is 9.49. The van der Waals surface area contributed by atoms with Gasteiger partial charge in [0.25, 0.3) is 0 Å². The van der Waals surface area contributed by atoms with Gasteiger partial charge in [-0.1, -0.05) is 0 Å². The van der Waals surface area contributed by atoms with Crippen molar-refractivity contribution in [3.8, 4) is 0 Å². The van der Waals surface area contributed by atoms with E-state index in [2.05, 4.69) is 5.32 Å². The monoisotopic (exact) mass is 250 g/mol. The van der Waals surface area contributed by atoms with Gasteiger partial charge in [-0.05, 0) is 56.3 Å². The third kappa shape index (κ3) is 2.02. The van der Waals surface area contributed by atoms with Crippen LogP contribution in [-0.4, -0.2) is 18.4 Å². The van der Waals surface area contributed by atoms with Gasteiger partial charge in [0.05, 0.1) is 0 Å². The highest BCUT2D eigenvalue weighted by molar-refractivity contribution is 5.83. The van der Waals surface area contributed by atoms with Gasteiger partial charge in [-0.15, -0.1) is 0 Å². The van der Waals surface area contributed by atoms with Crippen LogP contribution in [0.25, 0.3) is 0 Å². The van der Waals surface area contributed by atoms with Crippen molar-refractivity contribution in [2.24, 2.45) is 28.9 Å². The average Bonchev–Trinajstić information content (AvgIpc) is 2.26. The highest BCUT2D eigenvalue weighted by Gasteiger charge is 2.54. The first-order valence-electron chi connectivity index (χ1n) is 7.14. The van der Waals surface area contributed by atoms with E-state index in [4.69, 9.17) is 5.73 Å². The lowest BCUT2D eigenvalue weighted by Crippen LogP contribution is -2.53. The number of nitrogens with one attached hydrogen (secondary N) is 1. The molecule has 4 rings (SSSR count). The van der Waals surface area contributed by atoms with E-state index in [0.717, 1.165) is 37.0 Å². The number of hydrogen-bond acceptors (Lipinski definition) is 2. The third-order valence-corrected chi connectivity index (χ3v) is 5.18. The second-order valence-electron chi connectivity index (χ2n) is 6.67. The summed E-state index contributed by atoms with van der Waals surface area (Å²) in [4.78, 5) is 23.1. The fourth-order valence-corrected chi connectivity index (χ4v) is 4.88. The van der Waals surface area contributed by atoms with Gasteiger partial charge < -0.3 is 11.1 Å². The van der Waals surface area contributed by atoms with E-state index >= 15 is 0 Å². The van der Waals surface area contributed by atoms with Crippen LogP contribution < -0.4 is 11.1 Å². The Kier molecular flexibility index (Phi) is 2.83. The summed E-state index contributed by atoms with van der Waals surface area (Å²) in [5.41, 5.74) is 4.99. The minimum Gasteiger partial charge on any atom is -0.370 e. The Bertz CT molecular complexity index is 343. The zero-order valence-electron chi connectivity index (χ0n) is 10.8. The average molecular weight is 250 g/mol. The number of carbonyl (C=O) groups excluding carboxylic acids is 2. The molecule has 0 aliphatic heterocycles. The summed E-state index contributed by atoms with van der Waals surface area (Å²) in [5, 5.41) is 2.93. The van der Waals surface area contributed by atoms with Gasteiger partial charge >= 0.3 is 0 Å². The summed E-state index contributed by atoms with van der Waals surface area (Å²) in [7, 11) is 0. The highest BCUT2D eigenvalue weighted by Crippen LogP contribution is 2.60. The minimum absolute atomic E-state index is 0.105. The Labute approximate surface area is 108 Å². The second kappa shape index (κ2) is 4.25. The van der Waals surface area contributed by atoms with Crippen molar-refractivity contribution in [3.63, 3.8) is 0 Å². The Morgan fingerprint density at radius 3 is 2.00 bits per heavy atom. The Hall–Kier alpha value is -1.06. The lowest BCUT2D eigenvalue weighted by Gasteiger charge is -2.55. The Morgan fingerprint density at radius 1 is 1.06 bits per heavy atom. The van der Waals surface area contributed by atoms with Crippen molar-refractivity contribution in [3.05, 3.63) is 0 Å². The molecule has 0 unspecified atom stereocenters. The Balaban J connectivity index is 1.64. The number of rotatable bonds is 4. The molecule has 0 saturated heterocycles. The molecule has 4 aliphatic rings. The largest absolute Gasteiger partial charge is 0.370 e. The van der Waals surface area contributed by atoms with Gasteiger partial charge in [-0.2, -0.15) is 0 Å². The van der Waals surface area contributed by atoms with E-state index in [0.29, 0.717) is 6.54 Å². The summed E-state index contributed by atoms with van der Waals surface area (Å²) < 4.78 is 0. The fraction of sp³-hybridized carbons (Fsp3) is 0.857. The van der Waals surface area contributed by atoms with E-state index in [9.17, 15) is 9.59 Å². The summed E-state index contributed by atoms with van der Waals surface area (Å²) in [6.07, 6.45) is 7.48. The molecule has 4 heteroatoms. The van der Waals surface area contributed by atoms with E-state index in [1.807, 2.05) is 0 Å².